The summed E-state index contributed by atoms with van der Waals surface area (Å²) in [5.74, 6) is -3.09. The molecule has 37 heavy (non-hydrogen) atoms. The summed E-state index contributed by atoms with van der Waals surface area (Å²) in [5, 5.41) is 2.65. The van der Waals surface area contributed by atoms with Gasteiger partial charge in [0.1, 0.15) is 17.6 Å². The Labute approximate surface area is 205 Å². The van der Waals surface area contributed by atoms with E-state index in [0.717, 1.165) is 24.4 Å². The molecule has 1 N–H and O–H groups in total. The lowest BCUT2D eigenvalue weighted by Crippen LogP contribution is -2.51. The molecule has 2 saturated heterocycles. The molecule has 3 fully saturated rings. The predicted molar refractivity (Wildman–Crippen MR) is 112 cm³/mol. The molecular formula is C24H20F7N3O3. The second kappa shape index (κ2) is 8.96. The lowest BCUT2D eigenvalue weighted by Gasteiger charge is -2.36. The van der Waals surface area contributed by atoms with Gasteiger partial charge in [-0.15, -0.1) is 0 Å². The number of rotatable bonds is 5. The minimum Gasteiger partial charge on any atom is -0.381 e. The summed E-state index contributed by atoms with van der Waals surface area (Å²) in [6.07, 6.45) is -7.73. The highest BCUT2D eigenvalue weighted by molar-refractivity contribution is 5.97. The number of hydrogen-bond acceptors (Lipinski definition) is 4. The van der Waals surface area contributed by atoms with Gasteiger partial charge < -0.3 is 15.0 Å². The Morgan fingerprint density at radius 1 is 1.00 bits per heavy atom. The Bertz CT molecular complexity index is 1230. The van der Waals surface area contributed by atoms with E-state index in [-0.39, 0.29) is 37.2 Å². The van der Waals surface area contributed by atoms with Gasteiger partial charge in [0.15, 0.2) is 0 Å². The Kier molecular flexibility index (Phi) is 6.16. The van der Waals surface area contributed by atoms with E-state index >= 15 is 0 Å². The smallest absolute Gasteiger partial charge is 0.381 e. The number of nitrogens with one attached hydrogen (secondary N) is 1. The van der Waals surface area contributed by atoms with Gasteiger partial charge in [0, 0.05) is 23.7 Å². The molecule has 1 aliphatic carbocycles. The first-order chi connectivity index (χ1) is 17.3. The Balaban J connectivity index is 1.38. The van der Waals surface area contributed by atoms with Gasteiger partial charge in [-0.1, -0.05) is 6.07 Å². The number of alkyl halides is 6. The van der Waals surface area contributed by atoms with Gasteiger partial charge in [-0.05, 0) is 43.0 Å². The number of likely N-dealkylation sites (tertiary alicyclic amines) is 1. The first-order valence-electron chi connectivity index (χ1n) is 11.4. The summed E-state index contributed by atoms with van der Waals surface area (Å²) in [5.41, 5.74) is -2.85. The van der Waals surface area contributed by atoms with Crippen molar-refractivity contribution in [2.45, 2.75) is 43.3 Å². The zero-order valence-electron chi connectivity index (χ0n) is 18.9. The number of fused-ring (bicyclic) bond motifs is 1. The van der Waals surface area contributed by atoms with Crippen molar-refractivity contribution in [1.82, 2.24) is 15.2 Å². The number of nitrogens with zero attached hydrogens (tertiary/aromatic N) is 2. The van der Waals surface area contributed by atoms with Crippen LogP contribution in [-0.4, -0.2) is 47.0 Å². The highest BCUT2D eigenvalue weighted by Gasteiger charge is 2.56. The van der Waals surface area contributed by atoms with Crippen LogP contribution in [0.15, 0.2) is 36.5 Å². The monoisotopic (exact) mass is 531 g/mol. The van der Waals surface area contributed by atoms with E-state index in [1.54, 1.807) is 0 Å². The van der Waals surface area contributed by atoms with Crippen LogP contribution in [-0.2, 0) is 21.9 Å². The van der Waals surface area contributed by atoms with Crippen molar-refractivity contribution in [2.24, 2.45) is 11.8 Å². The van der Waals surface area contributed by atoms with E-state index in [4.69, 9.17) is 4.74 Å². The van der Waals surface area contributed by atoms with Crippen LogP contribution < -0.4 is 5.32 Å². The minimum atomic E-state index is -4.75. The fourth-order valence-corrected chi connectivity index (χ4v) is 4.94. The molecule has 3 heterocycles. The van der Waals surface area contributed by atoms with Crippen LogP contribution >= 0.6 is 0 Å². The van der Waals surface area contributed by atoms with Crippen LogP contribution in [0.25, 0.3) is 0 Å². The number of carbonyl (C=O) groups is 2. The molecule has 1 aromatic heterocycles. The second-order valence-electron chi connectivity index (χ2n) is 9.47. The molecule has 13 heteroatoms. The third-order valence-corrected chi connectivity index (χ3v) is 7.04. The molecule has 198 valence electrons. The standard InChI is InChI=1S/C24H20F7N3O3/c25-16-7-13(23(26,27)28)1-2-15(16)20(12-9-37-10-12)33-21(35)19-6-11-5-18(11)34(19)22(36)17-8-14(3-4-32-17)24(29,30)31/h1-4,7-8,11-12,18-20H,5-6,9-10H2,(H,33,35)/t11?,18-,19-,20-/m1/s1. The second-order valence-corrected chi connectivity index (χ2v) is 9.47. The third kappa shape index (κ3) is 4.88. The van der Waals surface area contributed by atoms with Crippen LogP contribution in [0.1, 0.15) is 46.1 Å². The number of aromatic nitrogens is 1. The van der Waals surface area contributed by atoms with E-state index in [1.807, 2.05) is 0 Å². The molecule has 2 amide bonds. The third-order valence-electron chi connectivity index (χ3n) is 7.04. The Hall–Kier alpha value is -3.22. The zero-order valence-corrected chi connectivity index (χ0v) is 18.9. The maximum absolute atomic E-state index is 14.8. The fraction of sp³-hybridized carbons (Fsp3) is 0.458. The van der Waals surface area contributed by atoms with Crippen molar-refractivity contribution in [1.29, 1.82) is 0 Å². The summed E-state index contributed by atoms with van der Waals surface area (Å²) in [7, 11) is 0. The Morgan fingerprint density at radius 2 is 1.68 bits per heavy atom. The van der Waals surface area contributed by atoms with Crippen LogP contribution in [0.5, 0.6) is 0 Å². The summed E-state index contributed by atoms with van der Waals surface area (Å²) >= 11 is 0. The molecule has 5 rings (SSSR count). The predicted octanol–water partition coefficient (Wildman–Crippen LogP) is 4.37. The number of benzene rings is 1. The maximum Gasteiger partial charge on any atom is 0.416 e. The average Bonchev–Trinajstić information content (AvgIpc) is 3.45. The number of pyridine rings is 1. The van der Waals surface area contributed by atoms with Crippen molar-refractivity contribution < 1.29 is 45.1 Å². The molecule has 0 radical (unpaired) electrons. The summed E-state index contributed by atoms with van der Waals surface area (Å²) in [4.78, 5) is 31.4. The molecule has 2 aliphatic heterocycles. The van der Waals surface area contributed by atoms with Crippen molar-refractivity contribution in [3.8, 4) is 0 Å². The topological polar surface area (TPSA) is 71.5 Å². The first kappa shape index (κ1) is 25.4. The molecule has 0 spiro atoms. The quantitative estimate of drug-likeness (QED) is 0.582. The number of carbonyl (C=O) groups excluding carboxylic acids is 2. The van der Waals surface area contributed by atoms with Gasteiger partial charge >= 0.3 is 12.4 Å². The lowest BCUT2D eigenvalue weighted by molar-refractivity contribution is -0.138. The molecule has 4 atom stereocenters. The SMILES string of the molecule is O=C(N[C@@H](c1ccc(C(F)(F)F)cc1F)C1COC1)[C@H]1CC2C[C@H]2N1C(=O)c1cc(C(F)(F)F)ccn1. The summed E-state index contributed by atoms with van der Waals surface area (Å²) in [6.45, 7) is 0.274. The van der Waals surface area contributed by atoms with Gasteiger partial charge in [-0.25, -0.2) is 4.39 Å². The van der Waals surface area contributed by atoms with Gasteiger partial charge in [-0.2, -0.15) is 26.3 Å². The lowest BCUT2D eigenvalue weighted by atomic mass is 9.90. The van der Waals surface area contributed by atoms with E-state index in [2.05, 4.69) is 10.3 Å². The van der Waals surface area contributed by atoms with Crippen LogP contribution in [0.3, 0.4) is 0 Å². The summed E-state index contributed by atoms with van der Waals surface area (Å²) in [6, 6.07) is 0.979. The van der Waals surface area contributed by atoms with Crippen molar-refractivity contribution in [2.75, 3.05) is 13.2 Å². The van der Waals surface area contributed by atoms with Crippen molar-refractivity contribution in [3.05, 3.63) is 64.7 Å². The molecule has 1 unspecified atom stereocenters. The normalized spacial score (nSPS) is 24.3. The number of hydrogen-bond donors (Lipinski definition) is 1. The highest BCUT2D eigenvalue weighted by atomic mass is 19.4. The molecule has 0 bridgehead atoms. The van der Waals surface area contributed by atoms with E-state index in [0.29, 0.717) is 18.6 Å². The van der Waals surface area contributed by atoms with Crippen LogP contribution in [0.4, 0.5) is 30.7 Å². The molecule has 1 aromatic carbocycles. The summed E-state index contributed by atoms with van der Waals surface area (Å²) < 4.78 is 98.2. The van der Waals surface area contributed by atoms with Crippen LogP contribution in [0, 0.1) is 17.7 Å². The number of piperidine rings is 1. The molecule has 6 nitrogen and oxygen atoms in total. The zero-order chi connectivity index (χ0) is 26.7. The van der Waals surface area contributed by atoms with Gasteiger partial charge in [0.2, 0.25) is 5.91 Å². The van der Waals surface area contributed by atoms with E-state index in [9.17, 15) is 40.3 Å². The van der Waals surface area contributed by atoms with Gasteiger partial charge in [0.25, 0.3) is 5.91 Å². The van der Waals surface area contributed by atoms with E-state index in [1.165, 1.54) is 4.90 Å². The van der Waals surface area contributed by atoms with Gasteiger partial charge in [0.05, 0.1) is 30.4 Å². The maximum atomic E-state index is 14.8. The minimum absolute atomic E-state index is 0.0150. The first-order valence-corrected chi connectivity index (χ1v) is 11.4. The molecular weight excluding hydrogens is 511 g/mol. The van der Waals surface area contributed by atoms with Crippen molar-refractivity contribution in [3.63, 3.8) is 0 Å². The number of amides is 2. The van der Waals surface area contributed by atoms with Gasteiger partial charge in [-0.3, -0.25) is 14.6 Å². The number of halogens is 7. The molecule has 3 aliphatic rings. The van der Waals surface area contributed by atoms with E-state index < -0.39 is 64.8 Å². The van der Waals surface area contributed by atoms with Crippen LogP contribution in [0.2, 0.25) is 0 Å². The average molecular weight is 531 g/mol. The largest absolute Gasteiger partial charge is 0.416 e. The number of ether oxygens (including phenoxy) is 1. The Morgan fingerprint density at radius 3 is 2.27 bits per heavy atom. The molecule has 1 saturated carbocycles. The highest BCUT2D eigenvalue weighted by Crippen LogP contribution is 2.48. The fourth-order valence-electron chi connectivity index (χ4n) is 4.94. The van der Waals surface area contributed by atoms with Crippen molar-refractivity contribution >= 4 is 11.8 Å². The molecule has 2 aromatic rings.